The Morgan fingerprint density at radius 3 is 2.67 bits per heavy atom. The summed E-state index contributed by atoms with van der Waals surface area (Å²) in [7, 11) is 0. The number of fused-ring (bicyclic) bond motifs is 1. The van der Waals surface area contributed by atoms with Gasteiger partial charge in [-0.25, -0.2) is 4.98 Å². The van der Waals surface area contributed by atoms with Crippen LogP contribution >= 0.6 is 22.9 Å². The molecule has 1 aromatic carbocycles. The number of aromatic nitrogens is 1. The summed E-state index contributed by atoms with van der Waals surface area (Å²) >= 11 is 7.69. The van der Waals surface area contributed by atoms with Crippen molar-refractivity contribution in [3.8, 4) is 0 Å². The van der Waals surface area contributed by atoms with Crippen molar-refractivity contribution in [3.63, 3.8) is 0 Å². The molecule has 1 heterocycles. The summed E-state index contributed by atoms with van der Waals surface area (Å²) in [6.07, 6.45) is 0. The van der Waals surface area contributed by atoms with E-state index in [0.717, 1.165) is 15.3 Å². The van der Waals surface area contributed by atoms with Gasteiger partial charge in [-0.1, -0.05) is 29.0 Å². The SMILES string of the molecule is CC(C)(C)Nc1nc2c(Cl)cccc2s1. The Bertz CT molecular complexity index is 485. The van der Waals surface area contributed by atoms with E-state index < -0.39 is 0 Å². The Labute approximate surface area is 98.3 Å². The summed E-state index contributed by atoms with van der Waals surface area (Å²) in [5.74, 6) is 0. The molecule has 0 amide bonds. The minimum absolute atomic E-state index is 0.0281. The fourth-order valence-corrected chi connectivity index (χ4v) is 2.66. The van der Waals surface area contributed by atoms with Gasteiger partial charge in [-0.15, -0.1) is 0 Å². The van der Waals surface area contributed by atoms with Crippen molar-refractivity contribution < 1.29 is 0 Å². The van der Waals surface area contributed by atoms with Crippen LogP contribution in [-0.2, 0) is 0 Å². The molecule has 0 atom stereocenters. The number of halogens is 1. The first-order valence-electron chi connectivity index (χ1n) is 4.79. The normalized spacial score (nSPS) is 12.0. The second-order valence-corrected chi connectivity index (χ2v) is 5.92. The molecular weight excluding hydrogens is 228 g/mol. The highest BCUT2D eigenvalue weighted by Gasteiger charge is 2.13. The molecule has 2 aromatic rings. The fourth-order valence-electron chi connectivity index (χ4n) is 1.29. The van der Waals surface area contributed by atoms with Crippen LogP contribution in [0.25, 0.3) is 10.2 Å². The molecular formula is C11H13ClN2S. The van der Waals surface area contributed by atoms with E-state index in [1.165, 1.54) is 0 Å². The maximum absolute atomic E-state index is 6.06. The van der Waals surface area contributed by atoms with Gasteiger partial charge in [0.1, 0.15) is 5.52 Å². The Morgan fingerprint density at radius 1 is 1.33 bits per heavy atom. The number of rotatable bonds is 1. The standard InChI is InChI=1S/C11H13ClN2S/c1-11(2,3)14-10-13-9-7(12)5-4-6-8(9)15-10/h4-6H,1-3H3,(H,13,14). The molecule has 0 bridgehead atoms. The van der Waals surface area contributed by atoms with Crippen LogP contribution < -0.4 is 5.32 Å². The lowest BCUT2D eigenvalue weighted by atomic mass is 10.1. The van der Waals surface area contributed by atoms with E-state index in [0.29, 0.717) is 5.02 Å². The van der Waals surface area contributed by atoms with E-state index >= 15 is 0 Å². The first-order valence-corrected chi connectivity index (χ1v) is 5.98. The smallest absolute Gasteiger partial charge is 0.184 e. The van der Waals surface area contributed by atoms with Crippen LogP contribution in [0.1, 0.15) is 20.8 Å². The van der Waals surface area contributed by atoms with Crippen molar-refractivity contribution in [2.24, 2.45) is 0 Å². The number of para-hydroxylation sites is 1. The van der Waals surface area contributed by atoms with Gasteiger partial charge in [0.05, 0.1) is 9.72 Å². The van der Waals surface area contributed by atoms with Crippen LogP contribution in [-0.4, -0.2) is 10.5 Å². The van der Waals surface area contributed by atoms with E-state index in [2.05, 4.69) is 31.1 Å². The largest absolute Gasteiger partial charge is 0.357 e. The van der Waals surface area contributed by atoms with Gasteiger partial charge in [0.2, 0.25) is 0 Å². The molecule has 0 unspecified atom stereocenters. The molecule has 0 radical (unpaired) electrons. The molecule has 2 nitrogen and oxygen atoms in total. The predicted molar refractivity (Wildman–Crippen MR) is 68.0 cm³/mol. The third-order valence-electron chi connectivity index (χ3n) is 1.85. The Morgan fingerprint density at radius 2 is 2.07 bits per heavy atom. The minimum Gasteiger partial charge on any atom is -0.357 e. The van der Waals surface area contributed by atoms with Gasteiger partial charge >= 0.3 is 0 Å². The zero-order valence-corrected chi connectivity index (χ0v) is 10.5. The molecule has 0 spiro atoms. The van der Waals surface area contributed by atoms with E-state index in [4.69, 9.17) is 11.6 Å². The number of nitrogens with one attached hydrogen (secondary N) is 1. The molecule has 0 aliphatic carbocycles. The number of hydrogen-bond donors (Lipinski definition) is 1. The molecule has 1 aromatic heterocycles. The second-order valence-electron chi connectivity index (χ2n) is 4.48. The summed E-state index contributed by atoms with van der Waals surface area (Å²) < 4.78 is 1.12. The van der Waals surface area contributed by atoms with Crippen LogP contribution in [0.15, 0.2) is 18.2 Å². The van der Waals surface area contributed by atoms with Gasteiger partial charge < -0.3 is 5.32 Å². The van der Waals surface area contributed by atoms with Crippen LogP contribution in [0.5, 0.6) is 0 Å². The van der Waals surface area contributed by atoms with Gasteiger partial charge in [-0.05, 0) is 32.9 Å². The molecule has 80 valence electrons. The monoisotopic (exact) mass is 240 g/mol. The van der Waals surface area contributed by atoms with Crippen LogP contribution in [0, 0.1) is 0 Å². The van der Waals surface area contributed by atoms with E-state index in [-0.39, 0.29) is 5.54 Å². The summed E-state index contributed by atoms with van der Waals surface area (Å²) in [6, 6.07) is 5.85. The zero-order chi connectivity index (χ0) is 11.1. The molecule has 2 rings (SSSR count). The molecule has 0 aliphatic rings. The number of thiazole rings is 1. The lowest BCUT2D eigenvalue weighted by Crippen LogP contribution is -2.25. The van der Waals surface area contributed by atoms with Gasteiger partial charge in [0.15, 0.2) is 5.13 Å². The van der Waals surface area contributed by atoms with E-state index in [1.807, 2.05) is 18.2 Å². The predicted octanol–water partition coefficient (Wildman–Crippen LogP) is 4.16. The highest BCUT2D eigenvalue weighted by Crippen LogP contribution is 2.31. The van der Waals surface area contributed by atoms with Crippen molar-refractivity contribution in [2.45, 2.75) is 26.3 Å². The zero-order valence-electron chi connectivity index (χ0n) is 8.97. The molecule has 4 heteroatoms. The summed E-state index contributed by atoms with van der Waals surface area (Å²) in [4.78, 5) is 4.47. The number of nitrogens with zero attached hydrogens (tertiary/aromatic N) is 1. The third-order valence-corrected chi connectivity index (χ3v) is 3.09. The van der Waals surface area contributed by atoms with Crippen LogP contribution in [0.3, 0.4) is 0 Å². The van der Waals surface area contributed by atoms with Crippen molar-refractivity contribution in [3.05, 3.63) is 23.2 Å². The van der Waals surface area contributed by atoms with E-state index in [1.54, 1.807) is 11.3 Å². The van der Waals surface area contributed by atoms with Crippen molar-refractivity contribution in [2.75, 3.05) is 5.32 Å². The topological polar surface area (TPSA) is 24.9 Å². The number of anilines is 1. The first-order chi connectivity index (χ1) is 6.96. The maximum atomic E-state index is 6.06. The molecule has 0 fully saturated rings. The average molecular weight is 241 g/mol. The average Bonchev–Trinajstić information content (AvgIpc) is 2.45. The van der Waals surface area contributed by atoms with Crippen LogP contribution in [0.2, 0.25) is 5.02 Å². The first kappa shape index (κ1) is 10.7. The van der Waals surface area contributed by atoms with Gasteiger partial charge in [-0.2, -0.15) is 0 Å². The molecule has 15 heavy (non-hydrogen) atoms. The number of benzene rings is 1. The van der Waals surface area contributed by atoms with E-state index in [9.17, 15) is 0 Å². The summed E-state index contributed by atoms with van der Waals surface area (Å²) in [5, 5.41) is 4.98. The van der Waals surface area contributed by atoms with Crippen molar-refractivity contribution in [1.29, 1.82) is 0 Å². The molecule has 1 N–H and O–H groups in total. The highest BCUT2D eigenvalue weighted by molar-refractivity contribution is 7.22. The Hall–Kier alpha value is -0.800. The van der Waals surface area contributed by atoms with Crippen LogP contribution in [0.4, 0.5) is 5.13 Å². The minimum atomic E-state index is 0.0281. The maximum Gasteiger partial charge on any atom is 0.184 e. The van der Waals surface area contributed by atoms with Gasteiger partial charge in [0.25, 0.3) is 0 Å². The quantitative estimate of drug-likeness (QED) is 0.810. The molecule has 0 saturated heterocycles. The highest BCUT2D eigenvalue weighted by atomic mass is 35.5. The summed E-state index contributed by atoms with van der Waals surface area (Å²) in [5.41, 5.74) is 0.913. The lowest BCUT2D eigenvalue weighted by Gasteiger charge is -2.19. The van der Waals surface area contributed by atoms with Gasteiger partial charge in [-0.3, -0.25) is 0 Å². The third kappa shape index (κ3) is 2.41. The van der Waals surface area contributed by atoms with Crippen molar-refractivity contribution in [1.82, 2.24) is 4.98 Å². The number of hydrogen-bond acceptors (Lipinski definition) is 3. The second kappa shape index (κ2) is 3.65. The van der Waals surface area contributed by atoms with Gasteiger partial charge in [0, 0.05) is 5.54 Å². The Kier molecular flexibility index (Phi) is 2.61. The summed E-state index contributed by atoms with van der Waals surface area (Å²) in [6.45, 7) is 6.34. The molecule has 0 saturated carbocycles. The molecule has 0 aliphatic heterocycles. The lowest BCUT2D eigenvalue weighted by molar-refractivity contribution is 0.633. The van der Waals surface area contributed by atoms with Crippen molar-refractivity contribution >= 4 is 38.3 Å². The fraction of sp³-hybridized carbons (Fsp3) is 0.364. The Balaban J connectivity index is 2.44.